The second kappa shape index (κ2) is 10.9. The fourth-order valence-corrected chi connectivity index (χ4v) is 3.67. The van der Waals surface area contributed by atoms with Crippen molar-refractivity contribution in [3.8, 4) is 5.30 Å². The largest absolute Gasteiger partial charge is 4.00 e. The van der Waals surface area contributed by atoms with Gasteiger partial charge in [-0.2, -0.15) is 23.3 Å². The Labute approximate surface area is 172 Å². The van der Waals surface area contributed by atoms with Crippen LogP contribution in [0.2, 0.25) is 0 Å². The molecule has 4 aromatic rings. The normalized spacial score (nSPS) is 9.83. The van der Waals surface area contributed by atoms with Gasteiger partial charge < -0.3 is 24.8 Å². The Morgan fingerprint density at radius 2 is 1.79 bits per heavy atom. The van der Waals surface area contributed by atoms with E-state index in [4.69, 9.17) is 0 Å². The first kappa shape index (κ1) is 23.2. The maximum atomic E-state index is 4.43. The number of rotatable bonds is 1. The van der Waals surface area contributed by atoms with Crippen molar-refractivity contribution >= 4 is 18.5 Å². The summed E-state index contributed by atoms with van der Waals surface area (Å²) in [5.41, 5.74) is 2.78. The van der Waals surface area contributed by atoms with Crippen LogP contribution < -0.4 is 24.8 Å². The first-order chi connectivity index (χ1) is 10.2. The van der Waals surface area contributed by atoms with Gasteiger partial charge in [0.05, 0.1) is 0 Å². The Hall–Kier alpha value is -0.816. The molecule has 24 heavy (non-hydrogen) atoms. The van der Waals surface area contributed by atoms with Crippen LogP contribution in [0.15, 0.2) is 72.7 Å². The van der Waals surface area contributed by atoms with Crippen molar-refractivity contribution in [2.75, 3.05) is 0 Å². The van der Waals surface area contributed by atoms with E-state index >= 15 is 0 Å². The SMILES string of the molecule is Cc1ccc[c-]1C.[Cl-].[Cl-].[Ti+4].c1ccc2[cH-]c(-p3cccn3)cc2c1. The molecule has 0 fully saturated rings. The van der Waals surface area contributed by atoms with Crippen LogP contribution in [0.5, 0.6) is 0 Å². The van der Waals surface area contributed by atoms with Gasteiger partial charge in [0, 0.05) is 6.20 Å². The fraction of sp³-hybridized carbons (Fsp3) is 0.105. The molecule has 0 radical (unpaired) electrons. The molecule has 0 saturated heterocycles. The summed E-state index contributed by atoms with van der Waals surface area (Å²) in [6.45, 7) is 4.24. The van der Waals surface area contributed by atoms with Gasteiger partial charge in [0.1, 0.15) is 0 Å². The maximum absolute atomic E-state index is 4.43. The van der Waals surface area contributed by atoms with Crippen molar-refractivity contribution in [2.24, 2.45) is 0 Å². The predicted octanol–water partition coefficient (Wildman–Crippen LogP) is -0.0427. The zero-order chi connectivity index (χ0) is 14.7. The predicted molar refractivity (Wildman–Crippen MR) is 92.9 cm³/mol. The molecule has 1 atom stereocenters. The molecule has 0 aliphatic heterocycles. The van der Waals surface area contributed by atoms with Crippen LogP contribution in [-0.2, 0) is 21.7 Å². The summed E-state index contributed by atoms with van der Waals surface area (Å²) in [6.07, 6.45) is 1.89. The second-order valence-electron chi connectivity index (χ2n) is 5.18. The van der Waals surface area contributed by atoms with Gasteiger partial charge in [0.2, 0.25) is 0 Å². The average Bonchev–Trinajstić information content (AvgIpc) is 3.21. The van der Waals surface area contributed by atoms with Crippen LogP contribution in [0.1, 0.15) is 11.1 Å². The van der Waals surface area contributed by atoms with Crippen LogP contribution in [0.3, 0.4) is 0 Å². The van der Waals surface area contributed by atoms with Crippen molar-refractivity contribution in [1.82, 2.24) is 4.75 Å². The van der Waals surface area contributed by atoms with E-state index in [9.17, 15) is 0 Å². The molecular weight excluding hydrogens is 392 g/mol. The van der Waals surface area contributed by atoms with Crippen LogP contribution in [0.25, 0.3) is 16.1 Å². The van der Waals surface area contributed by atoms with E-state index < -0.39 is 7.69 Å². The fourth-order valence-electron chi connectivity index (χ4n) is 2.29. The minimum Gasteiger partial charge on any atom is -1.00 e. The van der Waals surface area contributed by atoms with E-state index in [1.54, 1.807) is 0 Å². The summed E-state index contributed by atoms with van der Waals surface area (Å²) >= 11 is 0. The third-order valence-corrected chi connectivity index (χ3v) is 5.31. The number of aromatic nitrogens is 1. The number of hydrogen-bond donors (Lipinski definition) is 0. The van der Waals surface area contributed by atoms with Crippen molar-refractivity contribution in [1.29, 1.82) is 0 Å². The molecule has 1 nitrogen and oxygen atoms in total. The van der Waals surface area contributed by atoms with Crippen molar-refractivity contribution < 1.29 is 46.5 Å². The van der Waals surface area contributed by atoms with Gasteiger partial charge in [-0.25, -0.2) is 16.9 Å². The van der Waals surface area contributed by atoms with Gasteiger partial charge in [-0.05, 0) is 19.6 Å². The van der Waals surface area contributed by atoms with Gasteiger partial charge in [-0.15, -0.1) is 35.0 Å². The van der Waals surface area contributed by atoms with Gasteiger partial charge in [-0.1, -0.05) is 25.2 Å². The van der Waals surface area contributed by atoms with Crippen LogP contribution in [-0.4, -0.2) is 4.75 Å². The number of aryl methyl sites for hydroxylation is 2. The van der Waals surface area contributed by atoms with Crippen LogP contribution in [0, 0.1) is 13.8 Å². The van der Waals surface area contributed by atoms with E-state index in [1.165, 1.54) is 27.2 Å². The van der Waals surface area contributed by atoms with Crippen molar-refractivity contribution in [3.63, 3.8) is 0 Å². The van der Waals surface area contributed by atoms with E-state index in [2.05, 4.69) is 79.0 Å². The molecule has 0 spiro atoms. The minimum absolute atomic E-state index is 0. The third kappa shape index (κ3) is 5.62. The van der Waals surface area contributed by atoms with E-state index in [1.807, 2.05) is 12.3 Å². The zero-order valence-electron chi connectivity index (χ0n) is 13.6. The van der Waals surface area contributed by atoms with E-state index in [0.29, 0.717) is 0 Å². The summed E-state index contributed by atoms with van der Waals surface area (Å²) in [5.74, 6) is 2.18. The summed E-state index contributed by atoms with van der Waals surface area (Å²) in [5, 5.41) is 3.99. The third-order valence-electron chi connectivity index (χ3n) is 3.69. The topological polar surface area (TPSA) is 12.9 Å². The first-order valence-corrected chi connectivity index (χ1v) is 8.45. The molecule has 1 unspecified atom stereocenters. The van der Waals surface area contributed by atoms with E-state index in [-0.39, 0.29) is 46.5 Å². The molecule has 0 N–H and O–H groups in total. The minimum atomic E-state index is -0.398. The number of halogens is 2. The number of nitrogens with zero attached hydrogens (tertiary/aromatic N) is 1. The van der Waals surface area contributed by atoms with Gasteiger partial charge in [0.25, 0.3) is 0 Å². The molecule has 1 aromatic heterocycles. The molecule has 4 rings (SSSR count). The van der Waals surface area contributed by atoms with Gasteiger partial charge in [-0.3, -0.25) is 0 Å². The smallest absolute Gasteiger partial charge is 1.00 e. The van der Waals surface area contributed by atoms with Gasteiger partial charge >= 0.3 is 21.7 Å². The van der Waals surface area contributed by atoms with Crippen LogP contribution in [0.4, 0.5) is 0 Å². The van der Waals surface area contributed by atoms with Crippen LogP contribution >= 0.6 is 7.69 Å². The molecule has 3 aromatic carbocycles. The Kier molecular flexibility index (Phi) is 10.6. The van der Waals surface area contributed by atoms with Crippen molar-refractivity contribution in [3.05, 3.63) is 83.8 Å². The Morgan fingerprint density at radius 1 is 1.04 bits per heavy atom. The van der Waals surface area contributed by atoms with Crippen molar-refractivity contribution in [2.45, 2.75) is 13.8 Å². The summed E-state index contributed by atoms with van der Waals surface area (Å²) < 4.78 is 4.43. The molecule has 5 heteroatoms. The molecular formula is C19H18Cl2NPTi. The Bertz CT molecular complexity index is 784. The Morgan fingerprint density at radius 3 is 2.29 bits per heavy atom. The molecule has 0 aliphatic rings. The zero-order valence-corrected chi connectivity index (χ0v) is 17.5. The first-order valence-electron chi connectivity index (χ1n) is 7.08. The summed E-state index contributed by atoms with van der Waals surface area (Å²) in [4.78, 5) is 0. The van der Waals surface area contributed by atoms with Gasteiger partial charge in [0.15, 0.2) is 0 Å². The molecule has 0 bridgehead atoms. The summed E-state index contributed by atoms with van der Waals surface area (Å²) in [7, 11) is -0.398. The van der Waals surface area contributed by atoms with E-state index in [0.717, 1.165) is 0 Å². The standard InChI is InChI=1S/C12H9NP.C7H9.2ClH.Ti/c1-2-5-11-9-12(8-10(11)4-1)14-7-3-6-13-14;1-6-4-3-5-7(6)2;;;/h1-9H;3-5H,1-2H3;2*1H;/q2*-1;;;+4/p-2. The summed E-state index contributed by atoms with van der Waals surface area (Å²) in [6, 6.07) is 21.3. The quantitative estimate of drug-likeness (QED) is 0.317. The number of benzene rings is 1. The Balaban J connectivity index is 0.000000463. The molecule has 0 saturated carbocycles. The molecule has 1 heterocycles. The second-order valence-corrected chi connectivity index (χ2v) is 6.92. The average molecular weight is 410 g/mol. The number of fused-ring (bicyclic) bond motifs is 1. The monoisotopic (exact) mass is 409 g/mol. The maximum Gasteiger partial charge on any atom is 4.00 e. The number of hydrogen-bond acceptors (Lipinski definition) is 1. The molecule has 122 valence electrons. The molecule has 0 aliphatic carbocycles. The molecule has 0 amide bonds.